The number of allylic oxidation sites excluding steroid dienone is 1. The maximum atomic E-state index is 2.51. The molecule has 0 spiro atoms. The van der Waals surface area contributed by atoms with Crippen LogP contribution < -0.4 is 24.8 Å². The van der Waals surface area contributed by atoms with Gasteiger partial charge in [-0.05, 0) is 0 Å². The molecule has 3 aromatic rings. The zero-order chi connectivity index (χ0) is 19.4. The SMILES string of the molecule is CC1=Cc2c(C(C)C)ccc(C)c2[CH]1[Zr+2][CH]1c2ccccc2-c2ccccc21.[Cl-].[Cl-]. The summed E-state index contributed by atoms with van der Waals surface area (Å²) in [4.78, 5) is 0. The summed E-state index contributed by atoms with van der Waals surface area (Å²) in [6, 6.07) is 23.0. The van der Waals surface area contributed by atoms with Gasteiger partial charge in [0.25, 0.3) is 0 Å². The quantitative estimate of drug-likeness (QED) is 0.499. The van der Waals surface area contributed by atoms with Gasteiger partial charge in [-0.15, -0.1) is 0 Å². The molecule has 30 heavy (non-hydrogen) atoms. The van der Waals surface area contributed by atoms with Crippen molar-refractivity contribution in [3.05, 3.63) is 99.6 Å². The van der Waals surface area contributed by atoms with Crippen LogP contribution in [0.3, 0.4) is 0 Å². The summed E-state index contributed by atoms with van der Waals surface area (Å²) in [5.74, 6) is 0.579. The Morgan fingerprint density at radius 2 is 1.30 bits per heavy atom. The molecule has 2 aliphatic rings. The average molecular weight is 513 g/mol. The fraction of sp³-hybridized carbons (Fsp3) is 0.259. The number of fused-ring (bicyclic) bond motifs is 4. The fourth-order valence-corrected chi connectivity index (χ4v) is 10.2. The second-order valence-electron chi connectivity index (χ2n) is 8.55. The van der Waals surface area contributed by atoms with Crippen molar-refractivity contribution in [2.45, 2.75) is 40.9 Å². The van der Waals surface area contributed by atoms with Crippen molar-refractivity contribution >= 4 is 6.08 Å². The maximum Gasteiger partial charge on any atom is -1.00 e. The van der Waals surface area contributed by atoms with Gasteiger partial charge in [-0.3, -0.25) is 0 Å². The summed E-state index contributed by atoms with van der Waals surface area (Å²) in [6.45, 7) is 9.34. The van der Waals surface area contributed by atoms with E-state index in [1.807, 2.05) is 0 Å². The largest absolute Gasteiger partial charge is 1.00 e. The van der Waals surface area contributed by atoms with Crippen LogP contribution in [-0.4, -0.2) is 0 Å². The van der Waals surface area contributed by atoms with E-state index in [0.717, 1.165) is 0 Å². The number of aryl methyl sites for hydroxylation is 1. The average Bonchev–Trinajstić information content (AvgIpc) is 3.19. The Morgan fingerprint density at radius 1 is 0.733 bits per heavy atom. The molecular weight excluding hydrogens is 486 g/mol. The summed E-state index contributed by atoms with van der Waals surface area (Å²) in [7, 11) is 0. The van der Waals surface area contributed by atoms with E-state index in [2.05, 4.69) is 94.4 Å². The summed E-state index contributed by atoms with van der Waals surface area (Å²) in [5, 5.41) is 0. The minimum absolute atomic E-state index is 0. The third-order valence-electron chi connectivity index (χ3n) is 6.44. The molecular formula is C27H26Cl2Zr. The zero-order valence-corrected chi connectivity index (χ0v) is 21.8. The number of hydrogen-bond acceptors (Lipinski definition) is 0. The molecule has 1 atom stereocenters. The van der Waals surface area contributed by atoms with Crippen LogP contribution in [0.25, 0.3) is 17.2 Å². The van der Waals surface area contributed by atoms with Gasteiger partial charge in [-0.1, -0.05) is 0 Å². The first-order valence-corrected chi connectivity index (χ1v) is 13.2. The molecule has 0 bridgehead atoms. The van der Waals surface area contributed by atoms with Gasteiger partial charge in [0.05, 0.1) is 0 Å². The van der Waals surface area contributed by atoms with Gasteiger partial charge in [0.15, 0.2) is 0 Å². The van der Waals surface area contributed by atoms with Crippen LogP contribution in [0.2, 0.25) is 0 Å². The summed E-state index contributed by atoms with van der Waals surface area (Å²) in [5.41, 5.74) is 13.9. The second-order valence-corrected chi connectivity index (χ2v) is 12.2. The molecule has 0 nitrogen and oxygen atoms in total. The van der Waals surface area contributed by atoms with Crippen LogP contribution in [0.1, 0.15) is 67.3 Å². The van der Waals surface area contributed by atoms with Crippen LogP contribution in [0.15, 0.2) is 66.2 Å². The van der Waals surface area contributed by atoms with Crippen LogP contribution in [-0.2, 0) is 23.2 Å². The van der Waals surface area contributed by atoms with Gasteiger partial charge in [-0.25, -0.2) is 0 Å². The molecule has 5 rings (SSSR count). The van der Waals surface area contributed by atoms with Gasteiger partial charge < -0.3 is 24.8 Å². The molecule has 0 saturated heterocycles. The van der Waals surface area contributed by atoms with Crippen LogP contribution in [0.5, 0.6) is 0 Å². The first-order valence-electron chi connectivity index (χ1n) is 10.3. The third kappa shape index (κ3) is 3.68. The molecule has 3 heteroatoms. The first-order chi connectivity index (χ1) is 13.6. The van der Waals surface area contributed by atoms with E-state index >= 15 is 0 Å². The Bertz CT molecular complexity index is 1070. The first kappa shape index (κ1) is 23.5. The van der Waals surface area contributed by atoms with Crippen molar-refractivity contribution in [1.29, 1.82) is 0 Å². The van der Waals surface area contributed by atoms with Crippen molar-refractivity contribution in [3.63, 3.8) is 0 Å². The smallest absolute Gasteiger partial charge is 1.00 e. The standard InChI is InChI=1S/C14H17.C13H9.2ClH.Zr/c1-9(2)12-6-5-11(4)13-7-10(3)8-14(12)13;1-3-7-12-10(5-1)9-11-6-2-4-8-13(11)12;;;/h5-9H,1-4H3;1-9H;2*1H;/q;;;;+2/p-2. The van der Waals surface area contributed by atoms with E-state index in [9.17, 15) is 0 Å². The third-order valence-corrected chi connectivity index (χ3v) is 11.4. The summed E-state index contributed by atoms with van der Waals surface area (Å²) < 4.78 is 1.33. The Labute approximate surface area is 204 Å². The molecule has 2 aliphatic carbocycles. The summed E-state index contributed by atoms with van der Waals surface area (Å²) in [6.07, 6.45) is 2.51. The van der Waals surface area contributed by atoms with E-state index in [-0.39, 0.29) is 24.8 Å². The Hall–Kier alpha value is -1.14. The summed E-state index contributed by atoms with van der Waals surface area (Å²) >= 11 is -0.797. The molecule has 1 unspecified atom stereocenters. The van der Waals surface area contributed by atoms with E-state index in [1.54, 1.807) is 22.3 Å². The van der Waals surface area contributed by atoms with Gasteiger partial charge in [0.1, 0.15) is 0 Å². The van der Waals surface area contributed by atoms with Crippen molar-refractivity contribution in [3.8, 4) is 11.1 Å². The predicted molar refractivity (Wildman–Crippen MR) is 115 cm³/mol. The minimum Gasteiger partial charge on any atom is -1.00 e. The van der Waals surface area contributed by atoms with Crippen molar-refractivity contribution in [2.75, 3.05) is 0 Å². The number of halogens is 2. The van der Waals surface area contributed by atoms with E-state index < -0.39 is 23.2 Å². The molecule has 0 radical (unpaired) electrons. The second kappa shape index (κ2) is 9.16. The van der Waals surface area contributed by atoms with Crippen molar-refractivity contribution < 1.29 is 48.0 Å². The molecule has 0 fully saturated rings. The van der Waals surface area contributed by atoms with E-state index in [4.69, 9.17) is 0 Å². The molecule has 0 amide bonds. The number of rotatable bonds is 3. The molecule has 0 N–H and O–H groups in total. The molecule has 152 valence electrons. The number of benzene rings is 3. The van der Waals surface area contributed by atoms with Gasteiger partial charge in [0.2, 0.25) is 0 Å². The van der Waals surface area contributed by atoms with Gasteiger partial charge >= 0.3 is 181 Å². The normalized spacial score (nSPS) is 16.0. The Balaban J connectivity index is 0.00000128. The monoisotopic (exact) mass is 510 g/mol. The van der Waals surface area contributed by atoms with Crippen LogP contribution in [0.4, 0.5) is 0 Å². The Morgan fingerprint density at radius 3 is 1.87 bits per heavy atom. The van der Waals surface area contributed by atoms with E-state index in [0.29, 0.717) is 13.2 Å². The van der Waals surface area contributed by atoms with Crippen LogP contribution in [0, 0.1) is 6.92 Å². The van der Waals surface area contributed by atoms with Crippen LogP contribution >= 0.6 is 0 Å². The molecule has 0 saturated carbocycles. The maximum absolute atomic E-state index is 2.51. The fourth-order valence-electron chi connectivity index (χ4n) is 5.07. The molecule has 0 aliphatic heterocycles. The molecule has 0 aromatic heterocycles. The Kier molecular flexibility index (Phi) is 7.18. The zero-order valence-electron chi connectivity index (χ0n) is 17.8. The van der Waals surface area contributed by atoms with Gasteiger partial charge in [0, 0.05) is 0 Å². The molecule has 3 aromatic carbocycles. The molecule has 0 heterocycles. The predicted octanol–water partition coefficient (Wildman–Crippen LogP) is 1.44. The van der Waals surface area contributed by atoms with E-state index in [1.165, 1.54) is 27.8 Å². The van der Waals surface area contributed by atoms with Gasteiger partial charge in [-0.2, -0.15) is 0 Å². The van der Waals surface area contributed by atoms with Crippen molar-refractivity contribution in [2.24, 2.45) is 0 Å². The van der Waals surface area contributed by atoms with Crippen molar-refractivity contribution in [1.82, 2.24) is 0 Å². The number of hydrogen-bond donors (Lipinski definition) is 0. The topological polar surface area (TPSA) is 0 Å². The minimum atomic E-state index is -0.797.